The van der Waals surface area contributed by atoms with Gasteiger partial charge in [-0.3, -0.25) is 4.90 Å². The predicted molar refractivity (Wildman–Crippen MR) is 74.7 cm³/mol. The Hall–Kier alpha value is -1.75. The summed E-state index contributed by atoms with van der Waals surface area (Å²) in [5.74, 6) is 0.814. The molecule has 0 radical (unpaired) electrons. The molecule has 0 aliphatic carbocycles. The van der Waals surface area contributed by atoms with E-state index in [1.54, 1.807) is 7.11 Å². The second-order valence-corrected chi connectivity index (χ2v) is 5.47. The Kier molecular flexibility index (Phi) is 3.53. The molecule has 2 aliphatic rings. The maximum Gasteiger partial charge on any atom is 0.410 e. The number of carbonyl (C=O) groups excluding carboxylic acids is 1. The van der Waals surface area contributed by atoms with Crippen molar-refractivity contribution in [1.29, 1.82) is 0 Å². The van der Waals surface area contributed by atoms with Crippen molar-refractivity contribution in [3.8, 4) is 5.75 Å². The molecule has 1 spiro atoms. The van der Waals surface area contributed by atoms with Gasteiger partial charge >= 0.3 is 6.09 Å². The van der Waals surface area contributed by atoms with E-state index in [-0.39, 0.29) is 11.6 Å². The van der Waals surface area contributed by atoms with Crippen molar-refractivity contribution in [3.63, 3.8) is 0 Å². The predicted octanol–water partition coefficient (Wildman–Crippen LogP) is 1.77. The minimum Gasteiger partial charge on any atom is -0.497 e. The van der Waals surface area contributed by atoms with Crippen LogP contribution < -0.4 is 10.1 Å². The zero-order chi connectivity index (χ0) is 14.0. The third kappa shape index (κ3) is 2.33. The Labute approximate surface area is 118 Å². The Bertz CT molecular complexity index is 498. The van der Waals surface area contributed by atoms with Gasteiger partial charge in [-0.25, -0.2) is 4.79 Å². The maximum atomic E-state index is 12.1. The first kappa shape index (κ1) is 13.2. The van der Waals surface area contributed by atoms with Crippen LogP contribution in [0.1, 0.15) is 18.4 Å². The zero-order valence-corrected chi connectivity index (χ0v) is 11.7. The van der Waals surface area contributed by atoms with E-state index in [0.29, 0.717) is 13.2 Å². The molecule has 0 aromatic heterocycles. The van der Waals surface area contributed by atoms with Gasteiger partial charge in [-0.15, -0.1) is 0 Å². The quantitative estimate of drug-likeness (QED) is 0.914. The van der Waals surface area contributed by atoms with Gasteiger partial charge in [-0.05, 0) is 43.6 Å². The van der Waals surface area contributed by atoms with E-state index in [1.165, 1.54) is 0 Å². The number of nitrogens with zero attached hydrogens (tertiary/aromatic N) is 1. The van der Waals surface area contributed by atoms with Crippen LogP contribution >= 0.6 is 0 Å². The second-order valence-electron chi connectivity index (χ2n) is 5.47. The van der Waals surface area contributed by atoms with Crippen molar-refractivity contribution in [1.82, 2.24) is 10.2 Å². The Balaban J connectivity index is 1.81. The summed E-state index contributed by atoms with van der Waals surface area (Å²) < 4.78 is 10.6. The number of rotatable bonds is 3. The lowest BCUT2D eigenvalue weighted by molar-refractivity contribution is 0.119. The molecular formula is C15H20N2O3. The monoisotopic (exact) mass is 276 g/mol. The van der Waals surface area contributed by atoms with Crippen molar-refractivity contribution >= 4 is 6.09 Å². The lowest BCUT2D eigenvalue weighted by Gasteiger charge is -2.38. The number of cyclic esters (lactones) is 1. The van der Waals surface area contributed by atoms with E-state index in [4.69, 9.17) is 9.47 Å². The average molecular weight is 276 g/mol. The summed E-state index contributed by atoms with van der Waals surface area (Å²) in [6, 6.07) is 7.85. The van der Waals surface area contributed by atoms with Crippen LogP contribution in [0.25, 0.3) is 0 Å². The molecule has 2 fully saturated rings. The fraction of sp³-hybridized carbons (Fsp3) is 0.533. The molecule has 2 saturated heterocycles. The van der Waals surface area contributed by atoms with Gasteiger partial charge < -0.3 is 14.8 Å². The minimum atomic E-state index is -0.199. The van der Waals surface area contributed by atoms with E-state index in [9.17, 15) is 4.79 Å². The molecule has 0 bridgehead atoms. The van der Waals surface area contributed by atoms with Gasteiger partial charge in [0.2, 0.25) is 0 Å². The van der Waals surface area contributed by atoms with Gasteiger partial charge in [0.1, 0.15) is 12.4 Å². The van der Waals surface area contributed by atoms with Crippen LogP contribution in [0.15, 0.2) is 24.3 Å². The van der Waals surface area contributed by atoms with Crippen molar-refractivity contribution in [2.45, 2.75) is 24.9 Å². The molecule has 1 aromatic rings. The number of amides is 1. The lowest BCUT2D eigenvalue weighted by atomic mass is 9.88. The molecule has 5 heteroatoms. The molecule has 2 heterocycles. The van der Waals surface area contributed by atoms with E-state index in [2.05, 4.69) is 5.32 Å². The topological polar surface area (TPSA) is 50.8 Å². The summed E-state index contributed by atoms with van der Waals surface area (Å²) in [7, 11) is 1.65. The van der Waals surface area contributed by atoms with Gasteiger partial charge in [0.05, 0.1) is 12.6 Å². The number of methoxy groups -OCH3 is 1. The van der Waals surface area contributed by atoms with Crippen LogP contribution in [0.3, 0.4) is 0 Å². The molecule has 3 rings (SSSR count). The molecule has 0 atom stereocenters. The lowest BCUT2D eigenvalue weighted by Crippen LogP contribution is -2.53. The highest BCUT2D eigenvalue weighted by Gasteiger charge is 2.47. The third-order valence-corrected chi connectivity index (χ3v) is 4.27. The minimum absolute atomic E-state index is 0.134. The Morgan fingerprint density at radius 2 is 2.20 bits per heavy atom. The van der Waals surface area contributed by atoms with Crippen LogP contribution in [0.4, 0.5) is 4.79 Å². The highest BCUT2D eigenvalue weighted by Crippen LogP contribution is 2.34. The Morgan fingerprint density at radius 1 is 1.40 bits per heavy atom. The highest BCUT2D eigenvalue weighted by molar-refractivity contribution is 5.71. The zero-order valence-electron chi connectivity index (χ0n) is 11.7. The molecule has 1 N–H and O–H groups in total. The number of ether oxygens (including phenoxy) is 2. The number of benzene rings is 1. The average Bonchev–Trinajstić information content (AvgIpc) is 2.78. The normalized spacial score (nSPS) is 21.1. The van der Waals surface area contributed by atoms with Crippen LogP contribution in [0, 0.1) is 0 Å². The number of piperidine rings is 1. The largest absolute Gasteiger partial charge is 0.497 e. The first-order valence-corrected chi connectivity index (χ1v) is 7.02. The molecule has 2 aliphatic heterocycles. The van der Waals surface area contributed by atoms with Crippen molar-refractivity contribution < 1.29 is 14.3 Å². The summed E-state index contributed by atoms with van der Waals surface area (Å²) >= 11 is 0. The third-order valence-electron chi connectivity index (χ3n) is 4.27. The Morgan fingerprint density at radius 3 is 2.95 bits per heavy atom. The van der Waals surface area contributed by atoms with Gasteiger partial charge in [-0.2, -0.15) is 0 Å². The molecule has 1 amide bonds. The van der Waals surface area contributed by atoms with Gasteiger partial charge in [0.25, 0.3) is 0 Å². The molecule has 0 unspecified atom stereocenters. The van der Waals surface area contributed by atoms with Gasteiger partial charge in [0, 0.05) is 6.54 Å². The first-order chi connectivity index (χ1) is 9.73. The van der Waals surface area contributed by atoms with Gasteiger partial charge in [0.15, 0.2) is 0 Å². The van der Waals surface area contributed by atoms with Crippen molar-refractivity contribution in [2.24, 2.45) is 0 Å². The van der Waals surface area contributed by atoms with E-state index >= 15 is 0 Å². The van der Waals surface area contributed by atoms with Crippen LogP contribution in [-0.4, -0.2) is 43.3 Å². The maximum absolute atomic E-state index is 12.1. The molecule has 5 nitrogen and oxygen atoms in total. The van der Waals surface area contributed by atoms with Crippen LogP contribution in [0.2, 0.25) is 0 Å². The van der Waals surface area contributed by atoms with Crippen molar-refractivity contribution in [3.05, 3.63) is 29.8 Å². The fourth-order valence-corrected chi connectivity index (χ4v) is 3.04. The molecular weight excluding hydrogens is 256 g/mol. The summed E-state index contributed by atoms with van der Waals surface area (Å²) in [5.41, 5.74) is 0.937. The van der Waals surface area contributed by atoms with Crippen LogP contribution in [0.5, 0.6) is 5.75 Å². The standard InChI is InChI=1S/C15H20N2O3/c1-19-13-4-2-3-12(9-13)10-17-14(18)20-11-15(17)5-7-16-8-6-15/h2-4,9,16H,5-8,10-11H2,1H3. The fourth-order valence-electron chi connectivity index (χ4n) is 3.04. The second kappa shape index (κ2) is 5.32. The number of hydrogen-bond donors (Lipinski definition) is 1. The molecule has 1 aromatic carbocycles. The number of carbonyl (C=O) groups is 1. The van der Waals surface area contributed by atoms with Crippen LogP contribution in [-0.2, 0) is 11.3 Å². The highest BCUT2D eigenvalue weighted by atomic mass is 16.6. The summed E-state index contributed by atoms with van der Waals surface area (Å²) in [4.78, 5) is 14.0. The SMILES string of the molecule is COc1cccc(CN2C(=O)OCC23CCNCC3)c1. The first-order valence-electron chi connectivity index (χ1n) is 7.02. The molecule has 108 valence electrons. The van der Waals surface area contributed by atoms with Crippen molar-refractivity contribution in [2.75, 3.05) is 26.8 Å². The number of hydrogen-bond acceptors (Lipinski definition) is 4. The van der Waals surface area contributed by atoms with E-state index in [1.807, 2.05) is 29.2 Å². The summed E-state index contributed by atoms with van der Waals surface area (Å²) in [5, 5.41) is 3.34. The summed E-state index contributed by atoms with van der Waals surface area (Å²) in [6.45, 7) is 2.96. The molecule has 20 heavy (non-hydrogen) atoms. The van der Waals surface area contributed by atoms with E-state index < -0.39 is 0 Å². The van der Waals surface area contributed by atoms with E-state index in [0.717, 1.165) is 37.2 Å². The number of nitrogens with one attached hydrogen (secondary N) is 1. The van der Waals surface area contributed by atoms with Gasteiger partial charge in [-0.1, -0.05) is 12.1 Å². The summed E-state index contributed by atoms with van der Waals surface area (Å²) in [6.07, 6.45) is 1.69. The smallest absolute Gasteiger partial charge is 0.410 e. The molecule has 0 saturated carbocycles.